The Morgan fingerprint density at radius 1 is 1.24 bits per heavy atom. The highest BCUT2D eigenvalue weighted by atomic mass is 79.9. The van der Waals surface area contributed by atoms with Gasteiger partial charge in [-0.3, -0.25) is 4.79 Å². The van der Waals surface area contributed by atoms with E-state index in [1.807, 2.05) is 36.4 Å². The third-order valence-electron chi connectivity index (χ3n) is 3.20. The van der Waals surface area contributed by atoms with Crippen molar-refractivity contribution < 1.29 is 14.3 Å². The fourth-order valence-corrected chi connectivity index (χ4v) is 3.52. The summed E-state index contributed by atoms with van der Waals surface area (Å²) in [6.07, 6.45) is 1.96. The number of benzene rings is 2. The van der Waals surface area contributed by atoms with Crippen molar-refractivity contribution in [3.05, 3.63) is 52.5 Å². The van der Waals surface area contributed by atoms with Gasteiger partial charge in [-0.15, -0.1) is 11.8 Å². The van der Waals surface area contributed by atoms with Crippen molar-refractivity contribution in [3.8, 4) is 11.5 Å². The van der Waals surface area contributed by atoms with Crippen LogP contribution >= 0.6 is 27.7 Å². The van der Waals surface area contributed by atoms with Gasteiger partial charge in [0.2, 0.25) is 5.91 Å². The highest BCUT2D eigenvalue weighted by molar-refractivity contribution is 9.10. The van der Waals surface area contributed by atoms with Gasteiger partial charge >= 0.3 is 0 Å². The molecule has 0 saturated carbocycles. The number of rotatable bonds is 8. The maximum atomic E-state index is 11.8. The molecular formula is C18H19BrN2O3S. The quantitative estimate of drug-likeness (QED) is 0.395. The van der Waals surface area contributed by atoms with E-state index in [1.54, 1.807) is 38.3 Å². The second-order valence-electron chi connectivity index (χ2n) is 4.94. The fourth-order valence-electron chi connectivity index (χ4n) is 2.03. The van der Waals surface area contributed by atoms with E-state index in [-0.39, 0.29) is 5.91 Å². The number of hydrogen-bond acceptors (Lipinski definition) is 5. The van der Waals surface area contributed by atoms with Crippen LogP contribution in [0.15, 0.2) is 56.9 Å². The molecule has 0 fully saturated rings. The summed E-state index contributed by atoms with van der Waals surface area (Å²) < 4.78 is 11.3. The molecule has 2 aromatic carbocycles. The smallest absolute Gasteiger partial charge is 0.240 e. The number of halogens is 1. The number of carbonyl (C=O) groups excluding carboxylic acids is 1. The van der Waals surface area contributed by atoms with Gasteiger partial charge in [-0.25, -0.2) is 5.43 Å². The number of ether oxygens (including phenoxy) is 2. The third kappa shape index (κ3) is 6.10. The lowest BCUT2D eigenvalue weighted by Crippen LogP contribution is -2.17. The second kappa shape index (κ2) is 10.1. The van der Waals surface area contributed by atoms with E-state index in [0.29, 0.717) is 23.7 Å². The molecule has 132 valence electrons. The Morgan fingerprint density at radius 3 is 2.68 bits per heavy atom. The number of thioether (sulfide) groups is 1. The van der Waals surface area contributed by atoms with E-state index in [4.69, 9.17) is 9.47 Å². The van der Waals surface area contributed by atoms with Crippen LogP contribution in [-0.4, -0.2) is 32.1 Å². The molecular weight excluding hydrogens is 404 g/mol. The summed E-state index contributed by atoms with van der Waals surface area (Å²) >= 11 is 5.06. The Bertz CT molecular complexity index is 739. The minimum absolute atomic E-state index is 0.126. The highest BCUT2D eigenvalue weighted by Crippen LogP contribution is 2.35. The van der Waals surface area contributed by atoms with Crippen molar-refractivity contribution in [2.75, 3.05) is 20.0 Å². The van der Waals surface area contributed by atoms with Crippen molar-refractivity contribution in [2.45, 2.75) is 11.3 Å². The monoisotopic (exact) mass is 422 g/mol. The Morgan fingerprint density at radius 2 is 2.00 bits per heavy atom. The Labute approximate surface area is 159 Å². The predicted octanol–water partition coefficient (Wildman–Crippen LogP) is 4.10. The molecule has 0 saturated heterocycles. The zero-order valence-electron chi connectivity index (χ0n) is 14.0. The van der Waals surface area contributed by atoms with Crippen LogP contribution in [0.5, 0.6) is 11.5 Å². The molecule has 0 spiro atoms. The predicted molar refractivity (Wildman–Crippen MR) is 105 cm³/mol. The van der Waals surface area contributed by atoms with Gasteiger partial charge in [0.15, 0.2) is 11.5 Å². The zero-order valence-corrected chi connectivity index (χ0v) is 16.4. The summed E-state index contributed by atoms with van der Waals surface area (Å²) in [6, 6.07) is 13.6. The van der Waals surface area contributed by atoms with E-state index in [2.05, 4.69) is 26.5 Å². The molecule has 0 aromatic heterocycles. The van der Waals surface area contributed by atoms with Crippen molar-refractivity contribution in [3.63, 3.8) is 0 Å². The lowest BCUT2D eigenvalue weighted by molar-refractivity contribution is -0.120. The molecule has 0 radical (unpaired) electrons. The maximum Gasteiger partial charge on any atom is 0.240 e. The van der Waals surface area contributed by atoms with Crippen molar-refractivity contribution in [1.82, 2.24) is 5.43 Å². The lowest BCUT2D eigenvalue weighted by atomic mass is 10.2. The van der Waals surface area contributed by atoms with E-state index >= 15 is 0 Å². The summed E-state index contributed by atoms with van der Waals surface area (Å²) in [5.41, 5.74) is 3.31. The molecule has 0 atom stereocenters. The molecule has 2 rings (SSSR count). The number of nitrogens with zero attached hydrogens (tertiary/aromatic N) is 1. The van der Waals surface area contributed by atoms with Crippen molar-refractivity contribution in [2.24, 2.45) is 5.10 Å². The molecule has 0 aliphatic heterocycles. The third-order valence-corrected chi connectivity index (χ3v) is 4.80. The molecule has 25 heavy (non-hydrogen) atoms. The summed E-state index contributed by atoms with van der Waals surface area (Å²) in [7, 11) is 3.14. The fraction of sp³-hybridized carbons (Fsp3) is 0.222. The number of methoxy groups -OCH3 is 2. The van der Waals surface area contributed by atoms with Crippen LogP contribution in [0.25, 0.3) is 0 Å². The first kappa shape index (κ1) is 19.3. The van der Waals surface area contributed by atoms with Crippen LogP contribution in [0, 0.1) is 0 Å². The van der Waals surface area contributed by atoms with Crippen molar-refractivity contribution in [1.29, 1.82) is 0 Å². The van der Waals surface area contributed by atoms with Crippen LogP contribution in [0.3, 0.4) is 0 Å². The van der Waals surface area contributed by atoms with Crippen LogP contribution in [0.1, 0.15) is 12.0 Å². The topological polar surface area (TPSA) is 59.9 Å². The standard InChI is InChI=1S/C18H19BrN2O3S/c1-23-16-11-13(10-15(19)18(16)24-2)12-20-21-17(22)8-9-25-14-6-4-3-5-7-14/h3-7,10-12H,8-9H2,1-2H3,(H,21,22)/b20-12-. The average Bonchev–Trinajstić information content (AvgIpc) is 2.62. The van der Waals surface area contributed by atoms with Crippen LogP contribution < -0.4 is 14.9 Å². The van der Waals surface area contributed by atoms with Gasteiger partial charge in [-0.05, 0) is 45.8 Å². The number of hydrazone groups is 1. The number of carbonyl (C=O) groups is 1. The molecule has 0 aliphatic carbocycles. The highest BCUT2D eigenvalue weighted by Gasteiger charge is 2.09. The van der Waals surface area contributed by atoms with E-state index in [1.165, 1.54) is 0 Å². The van der Waals surface area contributed by atoms with E-state index in [9.17, 15) is 4.79 Å². The van der Waals surface area contributed by atoms with E-state index in [0.717, 1.165) is 14.9 Å². The van der Waals surface area contributed by atoms with Gasteiger partial charge in [0.25, 0.3) is 0 Å². The first-order valence-electron chi connectivity index (χ1n) is 7.55. The maximum absolute atomic E-state index is 11.8. The van der Waals surface area contributed by atoms with Crippen molar-refractivity contribution >= 4 is 39.8 Å². The molecule has 5 nitrogen and oxygen atoms in total. The van der Waals surface area contributed by atoms with Gasteiger partial charge in [-0.2, -0.15) is 5.10 Å². The molecule has 2 aromatic rings. The molecule has 7 heteroatoms. The Kier molecular flexibility index (Phi) is 7.81. The zero-order chi connectivity index (χ0) is 18.1. The van der Waals surface area contributed by atoms with Gasteiger partial charge < -0.3 is 9.47 Å². The van der Waals surface area contributed by atoms with Gasteiger partial charge in [-0.1, -0.05) is 18.2 Å². The first-order chi connectivity index (χ1) is 12.1. The average molecular weight is 423 g/mol. The largest absolute Gasteiger partial charge is 0.493 e. The van der Waals surface area contributed by atoms with Crippen LogP contribution in [0.2, 0.25) is 0 Å². The SMILES string of the molecule is COc1cc(/C=N\NC(=O)CCSc2ccccc2)cc(Br)c1OC. The normalized spacial score (nSPS) is 10.7. The van der Waals surface area contributed by atoms with Gasteiger partial charge in [0.05, 0.1) is 24.9 Å². The minimum atomic E-state index is -0.126. The summed E-state index contributed by atoms with van der Waals surface area (Å²) in [5, 5.41) is 3.99. The Hall–Kier alpha value is -1.99. The molecule has 0 heterocycles. The van der Waals surface area contributed by atoms with Gasteiger partial charge in [0, 0.05) is 17.1 Å². The second-order valence-corrected chi connectivity index (χ2v) is 6.97. The van der Waals surface area contributed by atoms with Crippen LogP contribution in [0.4, 0.5) is 0 Å². The summed E-state index contributed by atoms with van der Waals surface area (Å²) in [5.74, 6) is 1.78. The minimum Gasteiger partial charge on any atom is -0.493 e. The lowest BCUT2D eigenvalue weighted by Gasteiger charge is -2.10. The number of hydrogen-bond donors (Lipinski definition) is 1. The molecule has 1 amide bonds. The van der Waals surface area contributed by atoms with Gasteiger partial charge in [0.1, 0.15) is 0 Å². The van der Waals surface area contributed by atoms with E-state index < -0.39 is 0 Å². The Balaban J connectivity index is 1.84. The molecule has 1 N–H and O–H groups in total. The summed E-state index contributed by atoms with van der Waals surface area (Å²) in [6.45, 7) is 0. The molecule has 0 aliphatic rings. The summed E-state index contributed by atoms with van der Waals surface area (Å²) in [4.78, 5) is 13.0. The molecule has 0 bridgehead atoms. The number of amides is 1. The van der Waals surface area contributed by atoms with Crippen LogP contribution in [-0.2, 0) is 4.79 Å². The number of nitrogens with one attached hydrogen (secondary N) is 1. The molecule has 0 unspecified atom stereocenters. The first-order valence-corrected chi connectivity index (χ1v) is 9.33.